The highest BCUT2D eigenvalue weighted by molar-refractivity contribution is 7.89. The number of piperidine rings is 1. The van der Waals surface area contributed by atoms with Gasteiger partial charge in [0.25, 0.3) is 5.91 Å². The average molecular weight is 344 g/mol. The average Bonchev–Trinajstić information content (AvgIpc) is 3.20. The fourth-order valence-electron chi connectivity index (χ4n) is 2.68. The first-order valence-electron chi connectivity index (χ1n) is 7.40. The summed E-state index contributed by atoms with van der Waals surface area (Å²) in [5.74, 6) is -0.150. The van der Waals surface area contributed by atoms with Gasteiger partial charge in [0, 0.05) is 19.1 Å². The SMILES string of the molecule is Cc1nsc(NC2CC2)c1C(=O)N1CCCC(S(N)(=O)=O)C1. The van der Waals surface area contributed by atoms with Crippen LogP contribution >= 0.6 is 11.5 Å². The number of hydrogen-bond acceptors (Lipinski definition) is 6. The molecule has 1 unspecified atom stereocenters. The summed E-state index contributed by atoms with van der Waals surface area (Å²) in [5.41, 5.74) is 1.27. The van der Waals surface area contributed by atoms with Crippen LogP contribution in [0, 0.1) is 6.92 Å². The van der Waals surface area contributed by atoms with E-state index in [1.54, 1.807) is 4.90 Å². The van der Waals surface area contributed by atoms with Crippen molar-refractivity contribution in [2.75, 3.05) is 18.4 Å². The number of primary sulfonamides is 1. The van der Waals surface area contributed by atoms with Crippen LogP contribution in [0.25, 0.3) is 0 Å². The quantitative estimate of drug-likeness (QED) is 0.845. The molecule has 1 aromatic rings. The Hall–Kier alpha value is -1.19. The number of aryl methyl sites for hydroxylation is 1. The molecule has 122 valence electrons. The molecule has 9 heteroatoms. The van der Waals surface area contributed by atoms with E-state index in [0.717, 1.165) is 17.8 Å². The summed E-state index contributed by atoms with van der Waals surface area (Å²) in [6.07, 6.45) is 3.38. The number of nitrogens with one attached hydrogen (secondary N) is 1. The molecule has 0 aromatic carbocycles. The maximum atomic E-state index is 12.8. The van der Waals surface area contributed by atoms with Crippen molar-refractivity contribution in [1.82, 2.24) is 9.27 Å². The minimum absolute atomic E-state index is 0.150. The maximum Gasteiger partial charge on any atom is 0.258 e. The molecule has 1 atom stereocenters. The zero-order valence-electron chi connectivity index (χ0n) is 12.4. The van der Waals surface area contributed by atoms with E-state index in [-0.39, 0.29) is 12.5 Å². The summed E-state index contributed by atoms with van der Waals surface area (Å²) in [7, 11) is -3.61. The number of amides is 1. The fourth-order valence-corrected chi connectivity index (χ4v) is 4.43. The first-order chi connectivity index (χ1) is 10.4. The van der Waals surface area contributed by atoms with Crippen molar-refractivity contribution in [3.63, 3.8) is 0 Å². The number of likely N-dealkylation sites (tertiary alicyclic amines) is 1. The van der Waals surface area contributed by atoms with E-state index in [2.05, 4.69) is 9.69 Å². The monoisotopic (exact) mass is 344 g/mol. The predicted octanol–water partition coefficient (Wildman–Crippen LogP) is 0.919. The van der Waals surface area contributed by atoms with Crippen molar-refractivity contribution in [2.24, 2.45) is 5.14 Å². The Morgan fingerprint density at radius 1 is 1.41 bits per heavy atom. The molecule has 0 spiro atoms. The molecule has 7 nitrogen and oxygen atoms in total. The Balaban J connectivity index is 1.79. The Labute approximate surface area is 134 Å². The topological polar surface area (TPSA) is 105 Å². The summed E-state index contributed by atoms with van der Waals surface area (Å²) in [4.78, 5) is 14.4. The Morgan fingerprint density at radius 3 is 2.77 bits per heavy atom. The molecule has 1 aliphatic carbocycles. The molecule has 1 saturated heterocycles. The van der Waals surface area contributed by atoms with E-state index in [4.69, 9.17) is 5.14 Å². The lowest BCUT2D eigenvalue weighted by Gasteiger charge is -2.31. The van der Waals surface area contributed by atoms with Gasteiger partial charge in [-0.15, -0.1) is 0 Å². The second-order valence-corrected chi connectivity index (χ2v) is 8.61. The molecule has 1 amide bonds. The number of rotatable bonds is 4. The third-order valence-corrected chi connectivity index (χ3v) is 6.30. The van der Waals surface area contributed by atoms with E-state index in [9.17, 15) is 13.2 Å². The van der Waals surface area contributed by atoms with Crippen molar-refractivity contribution >= 4 is 32.5 Å². The van der Waals surface area contributed by atoms with Gasteiger partial charge in [-0.2, -0.15) is 4.37 Å². The van der Waals surface area contributed by atoms with Gasteiger partial charge in [0.2, 0.25) is 10.0 Å². The van der Waals surface area contributed by atoms with E-state index in [1.807, 2.05) is 6.92 Å². The minimum atomic E-state index is -3.61. The molecule has 2 fully saturated rings. The lowest BCUT2D eigenvalue weighted by Crippen LogP contribution is -2.47. The van der Waals surface area contributed by atoms with Crippen molar-refractivity contribution in [1.29, 1.82) is 0 Å². The second-order valence-electron chi connectivity index (χ2n) is 6.00. The molecule has 3 rings (SSSR count). The van der Waals surface area contributed by atoms with E-state index < -0.39 is 15.3 Å². The number of sulfonamides is 1. The second kappa shape index (κ2) is 5.78. The van der Waals surface area contributed by atoms with Crippen LogP contribution in [0.4, 0.5) is 5.00 Å². The molecule has 3 N–H and O–H groups in total. The van der Waals surface area contributed by atoms with Gasteiger partial charge in [-0.3, -0.25) is 4.79 Å². The van der Waals surface area contributed by atoms with Crippen LogP contribution in [0.1, 0.15) is 41.7 Å². The van der Waals surface area contributed by atoms with Crippen LogP contribution in [-0.4, -0.2) is 48.0 Å². The molecule has 2 heterocycles. The first-order valence-corrected chi connectivity index (χ1v) is 9.78. The number of nitrogens with two attached hydrogens (primary N) is 1. The van der Waals surface area contributed by atoms with Crippen LogP contribution in [0.2, 0.25) is 0 Å². The van der Waals surface area contributed by atoms with Gasteiger partial charge in [0.05, 0.1) is 16.5 Å². The lowest BCUT2D eigenvalue weighted by atomic mass is 10.1. The number of anilines is 1. The zero-order chi connectivity index (χ0) is 15.9. The van der Waals surface area contributed by atoms with Crippen molar-refractivity contribution < 1.29 is 13.2 Å². The predicted molar refractivity (Wildman–Crippen MR) is 85.5 cm³/mol. The summed E-state index contributed by atoms with van der Waals surface area (Å²) < 4.78 is 27.4. The Bertz CT molecular complexity index is 681. The summed E-state index contributed by atoms with van der Waals surface area (Å²) in [6.45, 7) is 2.53. The number of hydrogen-bond donors (Lipinski definition) is 2. The molecule has 0 bridgehead atoms. The van der Waals surface area contributed by atoms with Gasteiger partial charge in [-0.1, -0.05) is 0 Å². The fraction of sp³-hybridized carbons (Fsp3) is 0.692. The van der Waals surface area contributed by atoms with Crippen LogP contribution in [0.3, 0.4) is 0 Å². The van der Waals surface area contributed by atoms with Crippen molar-refractivity contribution in [3.05, 3.63) is 11.3 Å². The normalized spacial score (nSPS) is 22.6. The number of nitrogens with zero attached hydrogens (tertiary/aromatic N) is 2. The Kier molecular flexibility index (Phi) is 4.13. The molecular weight excluding hydrogens is 324 g/mol. The van der Waals surface area contributed by atoms with Crippen LogP contribution in [0.15, 0.2) is 0 Å². The van der Waals surface area contributed by atoms with Gasteiger partial charge in [-0.05, 0) is 44.1 Å². The maximum absolute atomic E-state index is 12.8. The van der Waals surface area contributed by atoms with E-state index >= 15 is 0 Å². The summed E-state index contributed by atoms with van der Waals surface area (Å²) in [5, 5.41) is 8.69. The van der Waals surface area contributed by atoms with Crippen LogP contribution < -0.4 is 10.5 Å². The lowest BCUT2D eigenvalue weighted by molar-refractivity contribution is 0.0727. The highest BCUT2D eigenvalue weighted by Crippen LogP contribution is 2.32. The minimum Gasteiger partial charge on any atom is -0.372 e. The molecule has 0 radical (unpaired) electrons. The smallest absolute Gasteiger partial charge is 0.258 e. The number of aromatic nitrogens is 1. The largest absolute Gasteiger partial charge is 0.372 e. The molecule has 1 saturated carbocycles. The van der Waals surface area contributed by atoms with Crippen molar-refractivity contribution in [2.45, 2.75) is 43.9 Å². The van der Waals surface area contributed by atoms with E-state index in [0.29, 0.717) is 36.7 Å². The van der Waals surface area contributed by atoms with Gasteiger partial charge in [0.1, 0.15) is 5.00 Å². The molecule has 22 heavy (non-hydrogen) atoms. The molecule has 2 aliphatic rings. The summed E-state index contributed by atoms with van der Waals surface area (Å²) >= 11 is 1.29. The standard InChI is InChI=1S/C13H20N4O3S2/c1-8-11(12(21-16-8)15-9-4-5-9)13(18)17-6-2-3-10(7-17)22(14,19)20/h9-10,15H,2-7H2,1H3,(H2,14,19,20). The van der Waals surface area contributed by atoms with Gasteiger partial charge in [0.15, 0.2) is 0 Å². The van der Waals surface area contributed by atoms with Crippen LogP contribution in [0.5, 0.6) is 0 Å². The Morgan fingerprint density at radius 2 is 2.14 bits per heavy atom. The third kappa shape index (κ3) is 3.26. The van der Waals surface area contributed by atoms with Gasteiger partial charge >= 0.3 is 0 Å². The molecular formula is C13H20N4O3S2. The van der Waals surface area contributed by atoms with E-state index in [1.165, 1.54) is 11.5 Å². The summed E-state index contributed by atoms with van der Waals surface area (Å²) in [6, 6.07) is 0.435. The first kappa shape index (κ1) is 15.7. The van der Waals surface area contributed by atoms with Gasteiger partial charge < -0.3 is 10.2 Å². The van der Waals surface area contributed by atoms with Crippen molar-refractivity contribution in [3.8, 4) is 0 Å². The number of carbonyl (C=O) groups excluding carboxylic acids is 1. The molecule has 1 aliphatic heterocycles. The highest BCUT2D eigenvalue weighted by atomic mass is 32.2. The van der Waals surface area contributed by atoms with Crippen LogP contribution in [-0.2, 0) is 10.0 Å². The van der Waals surface area contributed by atoms with Gasteiger partial charge in [-0.25, -0.2) is 13.6 Å². The molecule has 1 aromatic heterocycles. The highest BCUT2D eigenvalue weighted by Gasteiger charge is 2.33. The number of carbonyl (C=O) groups is 1. The zero-order valence-corrected chi connectivity index (χ0v) is 14.0. The third-order valence-electron chi connectivity index (χ3n) is 4.12.